The zero-order valence-corrected chi connectivity index (χ0v) is 24.7. The molecule has 1 aliphatic heterocycles. The Kier molecular flexibility index (Phi) is 9.08. The van der Waals surface area contributed by atoms with Crippen molar-refractivity contribution < 1.29 is 9.59 Å². The Bertz CT molecular complexity index is 1510. The SMILES string of the molecule is C[C@H](c1ccccc1)N(CC(=O)N1CCN(c2ccc(-c3ccc(Cl)cc3Cl)nn2)CC1)C(=O)c1ccc(Cl)cc1. The second-order valence-corrected chi connectivity index (χ2v) is 11.1. The fraction of sp³-hybridized carbons (Fsp3) is 0.226. The van der Waals surface area contributed by atoms with Gasteiger partial charge < -0.3 is 14.7 Å². The average molecular weight is 609 g/mol. The second kappa shape index (κ2) is 12.9. The number of rotatable bonds is 7. The van der Waals surface area contributed by atoms with Gasteiger partial charge in [0.25, 0.3) is 5.91 Å². The van der Waals surface area contributed by atoms with Crippen LogP contribution >= 0.6 is 34.8 Å². The van der Waals surface area contributed by atoms with E-state index in [9.17, 15) is 9.59 Å². The summed E-state index contributed by atoms with van der Waals surface area (Å²) in [5.41, 5.74) is 2.85. The molecule has 0 radical (unpaired) electrons. The van der Waals surface area contributed by atoms with Crippen LogP contribution in [0.3, 0.4) is 0 Å². The van der Waals surface area contributed by atoms with Crippen molar-refractivity contribution in [2.75, 3.05) is 37.6 Å². The third-order valence-electron chi connectivity index (χ3n) is 7.22. The summed E-state index contributed by atoms with van der Waals surface area (Å²) in [6.45, 7) is 4.12. The molecule has 0 spiro atoms. The lowest BCUT2D eigenvalue weighted by atomic mass is 10.1. The van der Waals surface area contributed by atoms with Gasteiger partial charge >= 0.3 is 0 Å². The van der Waals surface area contributed by atoms with Crippen molar-refractivity contribution in [2.24, 2.45) is 0 Å². The lowest BCUT2D eigenvalue weighted by Crippen LogP contribution is -2.52. The lowest BCUT2D eigenvalue weighted by molar-refractivity contribution is -0.132. The molecule has 1 aliphatic rings. The highest BCUT2D eigenvalue weighted by atomic mass is 35.5. The first kappa shape index (κ1) is 28.9. The Hall–Kier alpha value is -3.65. The van der Waals surface area contributed by atoms with Crippen LogP contribution in [0.15, 0.2) is 84.9 Å². The van der Waals surface area contributed by atoms with Crippen LogP contribution in [-0.2, 0) is 4.79 Å². The molecule has 41 heavy (non-hydrogen) atoms. The van der Waals surface area contributed by atoms with Gasteiger partial charge in [-0.25, -0.2) is 0 Å². The van der Waals surface area contributed by atoms with Gasteiger partial charge in [-0.05, 0) is 67.1 Å². The minimum Gasteiger partial charge on any atom is -0.352 e. The summed E-state index contributed by atoms with van der Waals surface area (Å²) in [6, 6.07) is 25.2. The van der Waals surface area contributed by atoms with Crippen LogP contribution in [0, 0.1) is 0 Å². The molecular weight excluding hydrogens is 581 g/mol. The van der Waals surface area contributed by atoms with Crippen LogP contribution in [0.25, 0.3) is 11.3 Å². The second-order valence-electron chi connectivity index (χ2n) is 9.80. The molecule has 0 unspecified atom stereocenters. The van der Waals surface area contributed by atoms with E-state index < -0.39 is 0 Å². The predicted molar refractivity (Wildman–Crippen MR) is 164 cm³/mol. The molecular formula is C31H28Cl3N5O2. The molecule has 210 valence electrons. The van der Waals surface area contributed by atoms with Crippen molar-refractivity contribution in [3.05, 3.63) is 111 Å². The van der Waals surface area contributed by atoms with Gasteiger partial charge in [-0.1, -0.05) is 65.1 Å². The zero-order valence-electron chi connectivity index (χ0n) is 22.4. The minimum atomic E-state index is -0.299. The Morgan fingerprint density at radius 3 is 2.15 bits per heavy atom. The van der Waals surface area contributed by atoms with Crippen LogP contribution in [0.5, 0.6) is 0 Å². The Labute approximate surface area is 254 Å². The average Bonchev–Trinajstić information content (AvgIpc) is 3.00. The fourth-order valence-corrected chi connectivity index (χ4v) is 5.45. The molecule has 4 aromatic rings. The van der Waals surface area contributed by atoms with Gasteiger partial charge in [0.15, 0.2) is 5.82 Å². The van der Waals surface area contributed by atoms with E-state index in [1.165, 1.54) is 0 Å². The molecule has 7 nitrogen and oxygen atoms in total. The van der Waals surface area contributed by atoms with Gasteiger partial charge in [-0.2, -0.15) is 0 Å². The van der Waals surface area contributed by atoms with Gasteiger partial charge in [0.1, 0.15) is 6.54 Å². The number of aromatic nitrogens is 2. The number of carbonyl (C=O) groups is 2. The molecule has 0 bridgehead atoms. The van der Waals surface area contributed by atoms with E-state index in [0.29, 0.717) is 52.5 Å². The van der Waals surface area contributed by atoms with Gasteiger partial charge in [0, 0.05) is 47.4 Å². The summed E-state index contributed by atoms with van der Waals surface area (Å²) in [7, 11) is 0. The van der Waals surface area contributed by atoms with E-state index >= 15 is 0 Å². The largest absolute Gasteiger partial charge is 0.352 e. The molecule has 0 saturated carbocycles. The molecule has 0 aliphatic carbocycles. The number of nitrogens with zero attached hydrogens (tertiary/aromatic N) is 5. The normalized spacial score (nSPS) is 14.0. The van der Waals surface area contributed by atoms with E-state index in [4.69, 9.17) is 34.8 Å². The van der Waals surface area contributed by atoms with Crippen molar-refractivity contribution in [3.63, 3.8) is 0 Å². The molecule has 10 heteroatoms. The van der Waals surface area contributed by atoms with Crippen LogP contribution in [0.1, 0.15) is 28.9 Å². The van der Waals surface area contributed by atoms with Crippen molar-refractivity contribution >= 4 is 52.4 Å². The number of hydrogen-bond donors (Lipinski definition) is 0. The van der Waals surface area contributed by atoms with Gasteiger partial charge in [-0.15, -0.1) is 10.2 Å². The summed E-state index contributed by atoms with van der Waals surface area (Å²) in [5, 5.41) is 10.4. The summed E-state index contributed by atoms with van der Waals surface area (Å²) >= 11 is 18.4. The number of amides is 2. The molecule has 1 saturated heterocycles. The first-order valence-corrected chi connectivity index (χ1v) is 14.4. The molecule has 1 atom stereocenters. The molecule has 0 N–H and O–H groups in total. The topological polar surface area (TPSA) is 69.6 Å². The van der Waals surface area contributed by atoms with E-state index in [0.717, 1.165) is 16.9 Å². The third kappa shape index (κ3) is 6.81. The van der Waals surface area contributed by atoms with Crippen LogP contribution in [0.4, 0.5) is 5.82 Å². The number of halogens is 3. The zero-order chi connectivity index (χ0) is 28.9. The first-order chi connectivity index (χ1) is 19.8. The Balaban J connectivity index is 1.25. The van der Waals surface area contributed by atoms with Gasteiger partial charge in [-0.3, -0.25) is 9.59 Å². The highest BCUT2D eigenvalue weighted by molar-refractivity contribution is 6.36. The highest BCUT2D eigenvalue weighted by Crippen LogP contribution is 2.29. The monoisotopic (exact) mass is 607 g/mol. The summed E-state index contributed by atoms with van der Waals surface area (Å²) < 4.78 is 0. The Morgan fingerprint density at radius 2 is 1.51 bits per heavy atom. The molecule has 2 amide bonds. The maximum atomic E-state index is 13.6. The fourth-order valence-electron chi connectivity index (χ4n) is 4.82. The molecule has 5 rings (SSSR count). The van der Waals surface area contributed by atoms with Gasteiger partial charge in [0.05, 0.1) is 16.8 Å². The number of carbonyl (C=O) groups excluding carboxylic acids is 2. The van der Waals surface area contributed by atoms with Gasteiger partial charge in [0.2, 0.25) is 5.91 Å². The maximum absolute atomic E-state index is 13.6. The standard InChI is InChI=1S/C31H28Cl3N5O2/c1-21(22-5-3-2-4-6-22)39(31(41)23-7-9-24(32)10-8-23)20-30(40)38-17-15-37(16-18-38)29-14-13-28(35-36-29)26-12-11-25(33)19-27(26)34/h2-14,19,21H,15-18,20H2,1H3/t21-/m1/s1. The number of hydrogen-bond acceptors (Lipinski definition) is 5. The molecule has 1 fully saturated rings. The maximum Gasteiger partial charge on any atom is 0.254 e. The molecule has 1 aromatic heterocycles. The van der Waals surface area contributed by atoms with E-state index in [1.54, 1.807) is 46.2 Å². The van der Waals surface area contributed by atoms with E-state index in [1.807, 2.05) is 55.5 Å². The summed E-state index contributed by atoms with van der Waals surface area (Å²) in [5.74, 6) is 0.401. The summed E-state index contributed by atoms with van der Waals surface area (Å²) in [6.07, 6.45) is 0. The minimum absolute atomic E-state index is 0.0339. The first-order valence-electron chi connectivity index (χ1n) is 13.2. The molecule has 3 aromatic carbocycles. The number of anilines is 1. The van der Waals surface area contributed by atoms with Crippen molar-refractivity contribution in [2.45, 2.75) is 13.0 Å². The lowest BCUT2D eigenvalue weighted by Gasteiger charge is -2.37. The van der Waals surface area contributed by atoms with E-state index in [2.05, 4.69) is 15.1 Å². The van der Waals surface area contributed by atoms with Crippen LogP contribution < -0.4 is 4.90 Å². The third-order valence-corrected chi connectivity index (χ3v) is 8.02. The van der Waals surface area contributed by atoms with Crippen molar-refractivity contribution in [1.82, 2.24) is 20.0 Å². The molecule has 2 heterocycles. The quantitative estimate of drug-likeness (QED) is 0.235. The van der Waals surface area contributed by atoms with Crippen LogP contribution in [0.2, 0.25) is 15.1 Å². The number of benzene rings is 3. The van der Waals surface area contributed by atoms with Crippen molar-refractivity contribution in [1.29, 1.82) is 0 Å². The highest BCUT2D eigenvalue weighted by Gasteiger charge is 2.29. The predicted octanol–water partition coefficient (Wildman–Crippen LogP) is 6.66. The Morgan fingerprint density at radius 1 is 0.829 bits per heavy atom. The van der Waals surface area contributed by atoms with Crippen LogP contribution in [-0.4, -0.2) is 64.5 Å². The van der Waals surface area contributed by atoms with E-state index in [-0.39, 0.29) is 24.4 Å². The number of piperazine rings is 1. The van der Waals surface area contributed by atoms with Crippen molar-refractivity contribution in [3.8, 4) is 11.3 Å². The summed E-state index contributed by atoms with van der Waals surface area (Å²) in [4.78, 5) is 32.6. The smallest absolute Gasteiger partial charge is 0.254 e.